The first-order valence-corrected chi connectivity index (χ1v) is 11.0. The van der Waals surface area contributed by atoms with Crippen molar-refractivity contribution in [3.05, 3.63) is 41.0 Å². The molecule has 2 aromatic rings. The Morgan fingerprint density at radius 1 is 1.26 bits per heavy atom. The number of hydrogen-bond acceptors (Lipinski definition) is 6. The molecule has 3 N–H and O–H groups in total. The molecule has 0 radical (unpaired) electrons. The summed E-state index contributed by atoms with van der Waals surface area (Å²) in [5.41, 5.74) is 0.674. The number of aliphatic hydroxyl groups is 1. The summed E-state index contributed by atoms with van der Waals surface area (Å²) in [5, 5.41) is 16.0. The molecule has 170 valence electrons. The van der Waals surface area contributed by atoms with Gasteiger partial charge in [-0.1, -0.05) is 47.5 Å². The maximum atomic E-state index is 13.3. The van der Waals surface area contributed by atoms with Crippen LogP contribution in [0.5, 0.6) is 0 Å². The van der Waals surface area contributed by atoms with E-state index in [1.165, 1.54) is 11.3 Å². The molecule has 0 aliphatic rings. The van der Waals surface area contributed by atoms with Gasteiger partial charge in [0.05, 0.1) is 17.5 Å². The van der Waals surface area contributed by atoms with Crippen LogP contribution in [0, 0.1) is 0 Å². The zero-order chi connectivity index (χ0) is 23.2. The van der Waals surface area contributed by atoms with E-state index in [0.29, 0.717) is 10.6 Å². The van der Waals surface area contributed by atoms with Gasteiger partial charge in [-0.15, -0.1) is 11.3 Å². The van der Waals surface area contributed by atoms with Crippen LogP contribution in [-0.4, -0.2) is 45.2 Å². The van der Waals surface area contributed by atoms with Crippen molar-refractivity contribution in [3.63, 3.8) is 0 Å². The van der Waals surface area contributed by atoms with Gasteiger partial charge in [0.1, 0.15) is 23.4 Å². The number of carbonyl (C=O) groups excluding carboxylic acids is 2. The summed E-state index contributed by atoms with van der Waals surface area (Å²) in [7, 11) is 0. The number of aliphatic hydroxyl groups excluding tert-OH is 1. The van der Waals surface area contributed by atoms with Crippen molar-refractivity contribution in [3.8, 4) is 10.4 Å². The van der Waals surface area contributed by atoms with E-state index < -0.39 is 41.3 Å². The Balaban J connectivity index is 2.00. The number of nitrogens with zero attached hydrogens (tertiary/aromatic N) is 1. The zero-order valence-corrected chi connectivity index (χ0v) is 19.5. The predicted molar refractivity (Wildman–Crippen MR) is 119 cm³/mol. The van der Waals surface area contributed by atoms with Crippen LogP contribution in [0.1, 0.15) is 37.4 Å². The molecule has 0 aliphatic carbocycles. The lowest BCUT2D eigenvalue weighted by Gasteiger charge is -2.22. The van der Waals surface area contributed by atoms with E-state index in [0.717, 1.165) is 10.4 Å². The van der Waals surface area contributed by atoms with E-state index in [9.17, 15) is 19.1 Å². The van der Waals surface area contributed by atoms with Crippen LogP contribution in [0.4, 0.5) is 9.18 Å². The summed E-state index contributed by atoms with van der Waals surface area (Å²) in [6.07, 6.45) is -0.120. The molecule has 0 saturated heterocycles. The quantitative estimate of drug-likeness (QED) is 0.482. The third-order valence-electron chi connectivity index (χ3n) is 3.95. The second kappa shape index (κ2) is 11.1. The van der Waals surface area contributed by atoms with Crippen molar-refractivity contribution in [2.45, 2.75) is 49.9 Å². The van der Waals surface area contributed by atoms with E-state index in [1.807, 2.05) is 0 Å². The highest BCUT2D eigenvalue weighted by atomic mass is 35.5. The molecule has 2 amide bonds. The fraction of sp³-hybridized carbons (Fsp3) is 0.450. The van der Waals surface area contributed by atoms with Crippen LogP contribution >= 0.6 is 34.5 Å². The lowest BCUT2D eigenvalue weighted by Crippen LogP contribution is -2.43. The second-order valence-electron chi connectivity index (χ2n) is 7.61. The Hall–Kier alpha value is -1.94. The highest BCUT2D eigenvalue weighted by Crippen LogP contribution is 2.28. The van der Waals surface area contributed by atoms with Crippen LogP contribution in [-0.2, 0) is 16.1 Å². The van der Waals surface area contributed by atoms with Crippen LogP contribution < -0.4 is 10.6 Å². The zero-order valence-electron chi connectivity index (χ0n) is 17.2. The normalized spacial score (nSPS) is 13.5. The van der Waals surface area contributed by atoms with Gasteiger partial charge in [-0.25, -0.2) is 14.2 Å². The molecule has 1 heterocycles. The number of nitrogens with one attached hydrogen (secondary N) is 2. The number of rotatable bonds is 8. The van der Waals surface area contributed by atoms with Crippen molar-refractivity contribution < 1.29 is 23.8 Å². The smallest absolute Gasteiger partial charge is 0.408 e. The minimum atomic E-state index is -1.35. The summed E-state index contributed by atoms with van der Waals surface area (Å²) in [4.78, 5) is 27.1. The van der Waals surface area contributed by atoms with Crippen molar-refractivity contribution in [2.75, 3.05) is 6.67 Å². The molecule has 1 aromatic carbocycles. The van der Waals surface area contributed by atoms with Gasteiger partial charge in [0.25, 0.3) is 5.91 Å². The third kappa shape index (κ3) is 7.92. The first-order valence-electron chi connectivity index (χ1n) is 9.34. The molecule has 2 atom stereocenters. The van der Waals surface area contributed by atoms with Crippen molar-refractivity contribution >= 4 is 46.5 Å². The Morgan fingerprint density at radius 3 is 2.45 bits per heavy atom. The number of hydrogen-bond donors (Lipinski definition) is 3. The highest BCUT2D eigenvalue weighted by molar-refractivity contribution is 7.15. The Labute approximate surface area is 193 Å². The maximum absolute atomic E-state index is 13.3. The molecule has 11 heteroatoms. The van der Waals surface area contributed by atoms with Gasteiger partial charge in [0, 0.05) is 6.20 Å². The van der Waals surface area contributed by atoms with Crippen LogP contribution in [0.3, 0.4) is 0 Å². The summed E-state index contributed by atoms with van der Waals surface area (Å²) >= 11 is 12.3. The lowest BCUT2D eigenvalue weighted by atomic mass is 10.0. The number of ether oxygens (including phenoxy) is 1. The van der Waals surface area contributed by atoms with Crippen LogP contribution in [0.15, 0.2) is 30.5 Å². The monoisotopic (exact) mass is 491 g/mol. The number of benzene rings is 1. The number of thiazole rings is 1. The molecule has 1 aromatic heterocycles. The average molecular weight is 492 g/mol. The fourth-order valence-corrected chi connectivity index (χ4v) is 3.50. The minimum absolute atomic E-state index is 0.233. The van der Waals surface area contributed by atoms with Crippen LogP contribution in [0.25, 0.3) is 10.4 Å². The summed E-state index contributed by atoms with van der Waals surface area (Å²) in [5.74, 6) is -0.779. The minimum Gasteiger partial charge on any atom is -0.444 e. The fourth-order valence-electron chi connectivity index (χ4n) is 2.51. The second-order valence-corrected chi connectivity index (χ2v) is 9.82. The summed E-state index contributed by atoms with van der Waals surface area (Å²) in [6, 6.07) is 5.59. The average Bonchev–Trinajstić information content (AvgIpc) is 3.17. The number of amides is 2. The van der Waals surface area contributed by atoms with E-state index in [4.69, 9.17) is 27.9 Å². The van der Waals surface area contributed by atoms with E-state index in [1.54, 1.807) is 51.2 Å². The van der Waals surface area contributed by atoms with Crippen molar-refractivity contribution in [1.29, 1.82) is 0 Å². The van der Waals surface area contributed by atoms with E-state index in [2.05, 4.69) is 15.6 Å². The summed E-state index contributed by atoms with van der Waals surface area (Å²) < 4.78 is 18.5. The Kier molecular flexibility index (Phi) is 9.05. The number of alkyl carbamates (subject to hydrolysis) is 1. The van der Waals surface area contributed by atoms with Crippen LogP contribution in [0.2, 0.25) is 0 Å². The van der Waals surface area contributed by atoms with Gasteiger partial charge >= 0.3 is 6.09 Å². The van der Waals surface area contributed by atoms with Gasteiger partial charge in [-0.2, -0.15) is 0 Å². The molecule has 0 spiro atoms. The molecule has 0 aliphatic heterocycles. The molecule has 31 heavy (non-hydrogen) atoms. The molecule has 0 bridgehead atoms. The molecule has 0 saturated carbocycles. The molecule has 0 fully saturated rings. The standard InChI is InChI=1S/C20H24Cl2FN3O4S/c1-20(2,3)30-19(29)25-10-15-24-9-14(31-15)11-4-6-12(7-5-11)16(27)13(8-23)26-18(28)17(21)22/h4-7,9,13,16-17,27H,8,10H2,1-3H3,(H,25,29)(H,26,28). The molecule has 2 rings (SSSR count). The molecular formula is C20H24Cl2FN3O4S. The Morgan fingerprint density at radius 2 is 1.90 bits per heavy atom. The van der Waals surface area contributed by atoms with Gasteiger partial charge in [0.15, 0.2) is 4.84 Å². The number of carbonyl (C=O) groups is 2. The molecule has 2 unspecified atom stereocenters. The first-order chi connectivity index (χ1) is 14.5. The molecular weight excluding hydrogens is 468 g/mol. The van der Waals surface area contributed by atoms with Crippen molar-refractivity contribution in [2.24, 2.45) is 0 Å². The number of halogens is 3. The van der Waals surface area contributed by atoms with Gasteiger partial charge in [0.2, 0.25) is 0 Å². The Bertz CT molecular complexity index is 887. The number of alkyl halides is 3. The topological polar surface area (TPSA) is 101 Å². The van der Waals surface area contributed by atoms with E-state index >= 15 is 0 Å². The maximum Gasteiger partial charge on any atom is 0.408 e. The predicted octanol–water partition coefficient (Wildman–Crippen LogP) is 4.13. The van der Waals surface area contributed by atoms with Gasteiger partial charge in [-0.05, 0) is 31.9 Å². The highest BCUT2D eigenvalue weighted by Gasteiger charge is 2.25. The van der Waals surface area contributed by atoms with Gasteiger partial charge in [-0.3, -0.25) is 4.79 Å². The lowest BCUT2D eigenvalue weighted by molar-refractivity contribution is -0.121. The largest absolute Gasteiger partial charge is 0.444 e. The molecule has 7 nitrogen and oxygen atoms in total. The van der Waals surface area contributed by atoms with Crippen molar-refractivity contribution in [1.82, 2.24) is 15.6 Å². The third-order valence-corrected chi connectivity index (χ3v) is 5.39. The SMILES string of the molecule is CC(C)(C)OC(=O)NCc1ncc(-c2ccc(C(O)C(CF)NC(=O)C(Cl)Cl)cc2)s1. The van der Waals surface area contributed by atoms with Gasteiger partial charge < -0.3 is 20.5 Å². The summed E-state index contributed by atoms with van der Waals surface area (Å²) in [6.45, 7) is 4.59. The first kappa shape index (κ1) is 25.3. The number of aromatic nitrogens is 1. The van der Waals surface area contributed by atoms with E-state index in [-0.39, 0.29) is 6.54 Å².